The Hall–Kier alpha value is -1.06. The van der Waals surface area contributed by atoms with E-state index in [2.05, 4.69) is 11.7 Å². The lowest BCUT2D eigenvalue weighted by molar-refractivity contribution is -0.147. The van der Waals surface area contributed by atoms with Gasteiger partial charge in [0.1, 0.15) is 6.10 Å². The summed E-state index contributed by atoms with van der Waals surface area (Å²) in [5.74, 6) is -0.300. The standard InChI is InChI=1S/C23H44O4/c1-4-5-6-7-8-9-10-11-12-15-18-22(27-21(2)24)19-16-13-14-17-20-23(25)26-3/h22H,4-20H2,1-3H3. The summed E-state index contributed by atoms with van der Waals surface area (Å²) in [4.78, 5) is 22.4. The van der Waals surface area contributed by atoms with E-state index < -0.39 is 0 Å². The van der Waals surface area contributed by atoms with Crippen LogP contribution in [0.1, 0.15) is 123 Å². The van der Waals surface area contributed by atoms with Gasteiger partial charge in [-0.1, -0.05) is 77.6 Å². The van der Waals surface area contributed by atoms with Gasteiger partial charge in [-0.15, -0.1) is 0 Å². The molecule has 0 aromatic heterocycles. The number of hydrogen-bond acceptors (Lipinski definition) is 4. The summed E-state index contributed by atoms with van der Waals surface area (Å²) < 4.78 is 10.1. The van der Waals surface area contributed by atoms with E-state index >= 15 is 0 Å². The smallest absolute Gasteiger partial charge is 0.305 e. The number of esters is 2. The van der Waals surface area contributed by atoms with Gasteiger partial charge in [-0.05, 0) is 32.1 Å². The Balaban J connectivity index is 3.64. The Morgan fingerprint density at radius 1 is 0.704 bits per heavy atom. The molecule has 0 rings (SSSR count). The van der Waals surface area contributed by atoms with Crippen molar-refractivity contribution in [3.8, 4) is 0 Å². The summed E-state index contributed by atoms with van der Waals surface area (Å²) in [7, 11) is 1.43. The zero-order valence-corrected chi connectivity index (χ0v) is 18.2. The highest BCUT2D eigenvalue weighted by Crippen LogP contribution is 2.17. The molecule has 0 aliphatic heterocycles. The summed E-state index contributed by atoms with van der Waals surface area (Å²) in [5.41, 5.74) is 0. The molecule has 27 heavy (non-hydrogen) atoms. The maximum atomic E-state index is 11.3. The topological polar surface area (TPSA) is 52.6 Å². The average Bonchev–Trinajstić information content (AvgIpc) is 2.64. The molecule has 0 saturated heterocycles. The largest absolute Gasteiger partial charge is 0.469 e. The van der Waals surface area contributed by atoms with Gasteiger partial charge in [0.2, 0.25) is 0 Å². The summed E-state index contributed by atoms with van der Waals surface area (Å²) in [6.45, 7) is 3.76. The monoisotopic (exact) mass is 384 g/mol. The molecule has 0 amide bonds. The summed E-state index contributed by atoms with van der Waals surface area (Å²) in [5, 5.41) is 0. The van der Waals surface area contributed by atoms with Crippen molar-refractivity contribution in [3.05, 3.63) is 0 Å². The second kappa shape index (κ2) is 19.7. The van der Waals surface area contributed by atoms with Crippen molar-refractivity contribution in [1.82, 2.24) is 0 Å². The van der Waals surface area contributed by atoms with Crippen molar-refractivity contribution in [2.75, 3.05) is 7.11 Å². The molecule has 160 valence electrons. The maximum absolute atomic E-state index is 11.3. The van der Waals surface area contributed by atoms with Crippen LogP contribution in [0, 0.1) is 0 Å². The minimum Gasteiger partial charge on any atom is -0.469 e. The lowest BCUT2D eigenvalue weighted by Crippen LogP contribution is -2.16. The van der Waals surface area contributed by atoms with Crippen molar-refractivity contribution in [1.29, 1.82) is 0 Å². The first-order valence-electron chi connectivity index (χ1n) is 11.3. The first-order valence-corrected chi connectivity index (χ1v) is 11.3. The van der Waals surface area contributed by atoms with Gasteiger partial charge in [-0.25, -0.2) is 0 Å². The molecule has 4 nitrogen and oxygen atoms in total. The van der Waals surface area contributed by atoms with E-state index in [1.54, 1.807) is 0 Å². The van der Waals surface area contributed by atoms with Gasteiger partial charge >= 0.3 is 11.9 Å². The minimum absolute atomic E-state index is 0.0668. The predicted molar refractivity (Wildman–Crippen MR) is 112 cm³/mol. The average molecular weight is 385 g/mol. The fourth-order valence-electron chi connectivity index (χ4n) is 3.45. The van der Waals surface area contributed by atoms with Gasteiger partial charge in [0.05, 0.1) is 7.11 Å². The fourth-order valence-corrected chi connectivity index (χ4v) is 3.45. The van der Waals surface area contributed by atoms with Crippen molar-refractivity contribution in [2.45, 2.75) is 129 Å². The number of carbonyl (C=O) groups is 2. The van der Waals surface area contributed by atoms with Crippen molar-refractivity contribution < 1.29 is 19.1 Å². The van der Waals surface area contributed by atoms with Crippen LogP contribution >= 0.6 is 0 Å². The molecule has 0 aliphatic carbocycles. The molecular formula is C23H44O4. The van der Waals surface area contributed by atoms with E-state index in [1.807, 2.05) is 0 Å². The Kier molecular flexibility index (Phi) is 18.9. The van der Waals surface area contributed by atoms with Crippen molar-refractivity contribution in [2.24, 2.45) is 0 Å². The van der Waals surface area contributed by atoms with Crippen LogP contribution in [0.25, 0.3) is 0 Å². The molecule has 0 spiro atoms. The lowest BCUT2D eigenvalue weighted by Gasteiger charge is -2.17. The van der Waals surface area contributed by atoms with Crippen LogP contribution in [0.15, 0.2) is 0 Å². The van der Waals surface area contributed by atoms with E-state index in [9.17, 15) is 9.59 Å². The van der Waals surface area contributed by atoms with Crippen LogP contribution in [-0.4, -0.2) is 25.2 Å². The fraction of sp³-hybridized carbons (Fsp3) is 0.913. The first-order chi connectivity index (χ1) is 13.1. The van der Waals surface area contributed by atoms with Crippen LogP contribution in [0.5, 0.6) is 0 Å². The first kappa shape index (κ1) is 25.9. The third kappa shape index (κ3) is 19.5. The normalized spacial score (nSPS) is 12.0. The van der Waals surface area contributed by atoms with Gasteiger partial charge < -0.3 is 9.47 Å². The summed E-state index contributed by atoms with van der Waals surface area (Å²) in [6.07, 6.45) is 19.8. The lowest BCUT2D eigenvalue weighted by atomic mass is 10.0. The van der Waals surface area contributed by atoms with E-state index in [0.29, 0.717) is 6.42 Å². The van der Waals surface area contributed by atoms with Crippen LogP contribution in [0.3, 0.4) is 0 Å². The number of methoxy groups -OCH3 is 1. The highest BCUT2D eigenvalue weighted by Gasteiger charge is 2.11. The molecule has 0 bridgehead atoms. The molecule has 0 radical (unpaired) electrons. The predicted octanol–water partition coefficient (Wildman–Crippen LogP) is 6.74. The molecule has 0 aromatic carbocycles. The number of unbranched alkanes of at least 4 members (excludes halogenated alkanes) is 12. The molecule has 0 heterocycles. The van der Waals surface area contributed by atoms with Gasteiger partial charge in [0, 0.05) is 13.3 Å². The quantitative estimate of drug-likeness (QED) is 0.183. The zero-order valence-electron chi connectivity index (χ0n) is 18.2. The number of ether oxygens (including phenoxy) is 2. The molecule has 0 aliphatic rings. The maximum Gasteiger partial charge on any atom is 0.305 e. The molecule has 4 heteroatoms. The molecule has 1 unspecified atom stereocenters. The molecule has 0 fully saturated rings. The van der Waals surface area contributed by atoms with E-state index in [1.165, 1.54) is 71.8 Å². The SMILES string of the molecule is CCCCCCCCCCCCC(CCCCCCC(=O)OC)OC(C)=O. The second-order valence-corrected chi connectivity index (χ2v) is 7.73. The van der Waals surface area contributed by atoms with Crippen molar-refractivity contribution in [3.63, 3.8) is 0 Å². The Bertz CT molecular complexity index is 354. The van der Waals surface area contributed by atoms with Crippen LogP contribution in [0.4, 0.5) is 0 Å². The summed E-state index contributed by atoms with van der Waals surface area (Å²) >= 11 is 0. The van der Waals surface area contributed by atoms with Crippen molar-refractivity contribution >= 4 is 11.9 Å². The highest BCUT2D eigenvalue weighted by atomic mass is 16.5. The molecule has 1 atom stereocenters. The van der Waals surface area contributed by atoms with E-state index in [4.69, 9.17) is 4.74 Å². The van der Waals surface area contributed by atoms with E-state index in [0.717, 1.165) is 44.9 Å². The highest BCUT2D eigenvalue weighted by molar-refractivity contribution is 5.69. The molecular weight excluding hydrogens is 340 g/mol. The van der Waals surface area contributed by atoms with Gasteiger partial charge in [-0.2, -0.15) is 0 Å². The van der Waals surface area contributed by atoms with Crippen LogP contribution in [-0.2, 0) is 19.1 Å². The van der Waals surface area contributed by atoms with Gasteiger partial charge in [-0.3, -0.25) is 9.59 Å². The van der Waals surface area contributed by atoms with E-state index in [-0.39, 0.29) is 18.0 Å². The Morgan fingerprint density at radius 2 is 1.15 bits per heavy atom. The number of rotatable bonds is 19. The number of hydrogen-bond donors (Lipinski definition) is 0. The third-order valence-electron chi connectivity index (χ3n) is 5.10. The molecule has 0 aromatic rings. The van der Waals surface area contributed by atoms with Gasteiger partial charge in [0.15, 0.2) is 0 Å². The van der Waals surface area contributed by atoms with Crippen LogP contribution < -0.4 is 0 Å². The number of carbonyl (C=O) groups excluding carboxylic acids is 2. The molecule has 0 saturated carbocycles. The third-order valence-corrected chi connectivity index (χ3v) is 5.10. The Labute approximate surface area is 167 Å². The second-order valence-electron chi connectivity index (χ2n) is 7.73. The van der Waals surface area contributed by atoms with Gasteiger partial charge in [0.25, 0.3) is 0 Å². The zero-order chi connectivity index (χ0) is 20.2. The summed E-state index contributed by atoms with van der Waals surface area (Å²) in [6, 6.07) is 0. The molecule has 0 N–H and O–H groups in total. The Morgan fingerprint density at radius 3 is 1.59 bits per heavy atom. The van der Waals surface area contributed by atoms with Crippen LogP contribution in [0.2, 0.25) is 0 Å². The minimum atomic E-state index is -0.169.